The topological polar surface area (TPSA) is 42.1 Å². The molecule has 108 valence electrons. The molecule has 1 N–H and O–H groups in total. The first-order valence-corrected chi connectivity index (χ1v) is 7.82. The van der Waals surface area contributed by atoms with Gasteiger partial charge in [0.1, 0.15) is 5.75 Å². The molecule has 2 aromatic heterocycles. The van der Waals surface area contributed by atoms with Gasteiger partial charge in [-0.05, 0) is 38.1 Å². The largest absolute Gasteiger partial charge is 0.490 e. The van der Waals surface area contributed by atoms with Gasteiger partial charge < -0.3 is 9.72 Å². The van der Waals surface area contributed by atoms with Crippen molar-refractivity contribution in [3.63, 3.8) is 0 Å². The summed E-state index contributed by atoms with van der Waals surface area (Å²) in [4.78, 5) is 16.4. The molecule has 0 amide bonds. The number of benzene rings is 1. The van der Waals surface area contributed by atoms with Crippen molar-refractivity contribution in [2.75, 3.05) is 0 Å². The fraction of sp³-hybridized carbons (Fsp3) is 0.188. The summed E-state index contributed by atoms with van der Waals surface area (Å²) in [5.41, 5.74) is 1.50. The third kappa shape index (κ3) is 2.69. The van der Waals surface area contributed by atoms with E-state index in [9.17, 15) is 4.79 Å². The van der Waals surface area contributed by atoms with Crippen LogP contribution in [-0.4, -0.2) is 16.9 Å². The molecule has 0 aliphatic rings. The van der Waals surface area contributed by atoms with Crippen molar-refractivity contribution in [3.05, 3.63) is 51.3 Å². The predicted molar refractivity (Wildman–Crippen MR) is 86.8 cm³/mol. The summed E-state index contributed by atoms with van der Waals surface area (Å²) in [6.07, 6.45) is 1.78. The minimum atomic E-state index is -0.0436. The van der Waals surface area contributed by atoms with Crippen LogP contribution in [0, 0.1) is 0 Å². The molecule has 0 aliphatic carbocycles. The van der Waals surface area contributed by atoms with Crippen molar-refractivity contribution in [2.45, 2.75) is 20.0 Å². The molecule has 0 atom stereocenters. The van der Waals surface area contributed by atoms with E-state index in [1.807, 2.05) is 32.0 Å². The Bertz CT molecular complexity index is 804. The lowest BCUT2D eigenvalue weighted by Gasteiger charge is -2.11. The molecule has 0 radical (unpaired) electrons. The maximum atomic E-state index is 12.6. The molecule has 0 unspecified atom stereocenters. The number of hydrogen-bond acceptors (Lipinski definition) is 3. The van der Waals surface area contributed by atoms with Crippen molar-refractivity contribution in [1.29, 1.82) is 0 Å². The second-order valence-electron chi connectivity index (χ2n) is 4.98. The molecule has 3 rings (SSSR count). The summed E-state index contributed by atoms with van der Waals surface area (Å²) in [6.45, 7) is 3.93. The Hall–Kier alpha value is -1.78. The van der Waals surface area contributed by atoms with Gasteiger partial charge in [-0.2, -0.15) is 0 Å². The van der Waals surface area contributed by atoms with Crippen LogP contribution >= 0.6 is 22.9 Å². The monoisotopic (exact) mass is 319 g/mol. The fourth-order valence-corrected chi connectivity index (χ4v) is 3.25. The van der Waals surface area contributed by atoms with Gasteiger partial charge >= 0.3 is 0 Å². The van der Waals surface area contributed by atoms with Crippen molar-refractivity contribution in [1.82, 2.24) is 4.98 Å². The van der Waals surface area contributed by atoms with E-state index in [2.05, 4.69) is 4.98 Å². The van der Waals surface area contributed by atoms with E-state index in [1.165, 1.54) is 11.3 Å². The van der Waals surface area contributed by atoms with E-state index in [0.717, 1.165) is 16.7 Å². The van der Waals surface area contributed by atoms with Crippen molar-refractivity contribution < 1.29 is 9.53 Å². The molecular weight excluding hydrogens is 306 g/mol. The Morgan fingerprint density at radius 1 is 1.29 bits per heavy atom. The van der Waals surface area contributed by atoms with Crippen LogP contribution in [0.1, 0.15) is 29.1 Å². The molecule has 3 aromatic rings. The second kappa shape index (κ2) is 5.54. The van der Waals surface area contributed by atoms with Crippen LogP contribution in [0.15, 0.2) is 36.5 Å². The number of H-pyrrole nitrogens is 1. The molecule has 5 heteroatoms. The smallest absolute Gasteiger partial charge is 0.205 e. The average Bonchev–Trinajstić information content (AvgIpc) is 3.04. The maximum Gasteiger partial charge on any atom is 0.205 e. The van der Waals surface area contributed by atoms with Crippen LogP contribution in [0.3, 0.4) is 0 Å². The number of carbonyl (C=O) groups excluding carboxylic acids is 1. The Kier molecular flexibility index (Phi) is 3.74. The first-order valence-electron chi connectivity index (χ1n) is 6.63. The predicted octanol–water partition coefficient (Wildman–Crippen LogP) is 4.90. The number of halogens is 1. The van der Waals surface area contributed by atoms with Crippen molar-refractivity contribution in [2.24, 2.45) is 0 Å². The summed E-state index contributed by atoms with van der Waals surface area (Å²) in [5.74, 6) is 0.674. The van der Waals surface area contributed by atoms with E-state index in [4.69, 9.17) is 16.3 Å². The highest BCUT2D eigenvalue weighted by Crippen LogP contribution is 2.32. The number of fused-ring (bicyclic) bond motifs is 1. The van der Waals surface area contributed by atoms with E-state index in [1.54, 1.807) is 18.3 Å². The number of aromatic nitrogens is 1. The summed E-state index contributed by atoms with van der Waals surface area (Å²) in [6, 6.07) is 9.21. The zero-order chi connectivity index (χ0) is 15.0. The quantitative estimate of drug-likeness (QED) is 0.695. The first-order chi connectivity index (χ1) is 10.1. The van der Waals surface area contributed by atoms with E-state index in [0.29, 0.717) is 14.8 Å². The second-order valence-corrected chi connectivity index (χ2v) is 6.70. The molecule has 1 aromatic carbocycles. The molecule has 21 heavy (non-hydrogen) atoms. The number of hydrogen-bond donors (Lipinski definition) is 1. The van der Waals surface area contributed by atoms with Gasteiger partial charge in [0.15, 0.2) is 0 Å². The number of nitrogens with one attached hydrogen (secondary N) is 1. The summed E-state index contributed by atoms with van der Waals surface area (Å²) < 4.78 is 6.43. The minimum Gasteiger partial charge on any atom is -0.490 e. The number of ether oxygens (including phenoxy) is 1. The lowest BCUT2D eigenvalue weighted by molar-refractivity contribution is 0.104. The molecule has 0 bridgehead atoms. The van der Waals surface area contributed by atoms with E-state index < -0.39 is 0 Å². The Morgan fingerprint density at radius 2 is 2.10 bits per heavy atom. The zero-order valence-electron chi connectivity index (χ0n) is 11.6. The molecule has 2 heterocycles. The van der Waals surface area contributed by atoms with Gasteiger partial charge in [0.05, 0.1) is 26.3 Å². The number of ketones is 1. The first kappa shape index (κ1) is 14.2. The SMILES string of the molecule is CC(C)Oc1cccc2[nH]cc(C(=O)c3ccc(Cl)s3)c12. The van der Waals surface area contributed by atoms with Crippen LogP contribution in [0.5, 0.6) is 5.75 Å². The van der Waals surface area contributed by atoms with E-state index >= 15 is 0 Å². The third-order valence-electron chi connectivity index (χ3n) is 3.07. The molecular formula is C16H14ClNO2S. The molecule has 0 fully saturated rings. The number of thiophene rings is 1. The van der Waals surface area contributed by atoms with Crippen LogP contribution in [-0.2, 0) is 0 Å². The summed E-state index contributed by atoms with van der Waals surface area (Å²) >= 11 is 7.20. The highest BCUT2D eigenvalue weighted by atomic mass is 35.5. The highest BCUT2D eigenvalue weighted by molar-refractivity contribution is 7.18. The van der Waals surface area contributed by atoms with Gasteiger partial charge in [0.25, 0.3) is 0 Å². The van der Waals surface area contributed by atoms with Gasteiger partial charge in [-0.15, -0.1) is 11.3 Å². The molecule has 0 saturated heterocycles. The van der Waals surface area contributed by atoms with Crippen molar-refractivity contribution >= 4 is 39.6 Å². The molecule has 3 nitrogen and oxygen atoms in total. The minimum absolute atomic E-state index is 0.0436. The highest BCUT2D eigenvalue weighted by Gasteiger charge is 2.19. The van der Waals surface area contributed by atoms with Gasteiger partial charge in [-0.1, -0.05) is 17.7 Å². The normalized spacial score (nSPS) is 11.2. The summed E-state index contributed by atoms with van der Waals surface area (Å²) in [5, 5.41) is 0.820. The molecule has 0 saturated carbocycles. The number of carbonyl (C=O) groups is 1. The lowest BCUT2D eigenvalue weighted by Crippen LogP contribution is -2.06. The summed E-state index contributed by atoms with van der Waals surface area (Å²) in [7, 11) is 0. The molecule has 0 spiro atoms. The van der Waals surface area contributed by atoms with Crippen LogP contribution in [0.25, 0.3) is 10.9 Å². The fourth-order valence-electron chi connectivity index (χ4n) is 2.25. The average molecular weight is 320 g/mol. The molecule has 0 aliphatic heterocycles. The van der Waals surface area contributed by atoms with Crippen LogP contribution in [0.2, 0.25) is 4.34 Å². The third-order valence-corrected chi connectivity index (χ3v) is 4.30. The van der Waals surface area contributed by atoms with Gasteiger partial charge in [0.2, 0.25) is 5.78 Å². The number of rotatable bonds is 4. The zero-order valence-corrected chi connectivity index (χ0v) is 13.2. The van der Waals surface area contributed by atoms with Gasteiger partial charge in [-0.25, -0.2) is 0 Å². The van der Waals surface area contributed by atoms with Crippen LogP contribution in [0.4, 0.5) is 0 Å². The van der Waals surface area contributed by atoms with Gasteiger partial charge in [0, 0.05) is 11.7 Å². The van der Waals surface area contributed by atoms with Crippen molar-refractivity contribution in [3.8, 4) is 5.75 Å². The van der Waals surface area contributed by atoms with Gasteiger partial charge in [-0.3, -0.25) is 4.79 Å². The Balaban J connectivity index is 2.12. The number of aromatic amines is 1. The van der Waals surface area contributed by atoms with Crippen LogP contribution < -0.4 is 4.74 Å². The lowest BCUT2D eigenvalue weighted by atomic mass is 10.1. The maximum absolute atomic E-state index is 12.6. The van der Waals surface area contributed by atoms with E-state index in [-0.39, 0.29) is 11.9 Å². The Morgan fingerprint density at radius 3 is 2.76 bits per heavy atom. The Labute approximate surface area is 131 Å². The standard InChI is InChI=1S/C16H14ClNO2S/c1-9(2)20-12-5-3-4-11-15(12)10(8-18-11)16(19)13-6-7-14(17)21-13/h3-9,18H,1-2H3.